The van der Waals surface area contributed by atoms with E-state index in [1.165, 1.54) is 11.1 Å². The van der Waals surface area contributed by atoms with Crippen LogP contribution in [0, 0.1) is 6.92 Å². The van der Waals surface area contributed by atoms with Gasteiger partial charge in [-0.15, -0.1) is 0 Å². The minimum Gasteiger partial charge on any atom is -0.326 e. The first-order valence-electron chi connectivity index (χ1n) is 18.2. The molecule has 0 spiro atoms. The van der Waals surface area contributed by atoms with Crippen molar-refractivity contribution in [3.05, 3.63) is 149 Å². The predicted molar refractivity (Wildman–Crippen MR) is 217 cm³/mol. The van der Waals surface area contributed by atoms with Crippen LogP contribution < -0.4 is 5.32 Å². The Morgan fingerprint density at radius 3 is 1.68 bits per heavy atom. The molecule has 0 aliphatic heterocycles. The second-order valence-electron chi connectivity index (χ2n) is 16.1. The fourth-order valence-corrected chi connectivity index (χ4v) is 7.01. The van der Waals surface area contributed by atoms with Crippen LogP contribution in [0.3, 0.4) is 0 Å². The standard InChI is InChI=1S/C46H51NO5S/c1-31-29-40(26-27-41(31)35-20-24-39(25-21-35)46(5,6)7)47-44(49)42(30-32-10-12-37(13-11-32)43(48)9-8-28-53(50,51)52)36-16-14-33(15-17-36)34-18-22-38(23-19-34)45(2,3)4/h10-27,29,42H,8-9,28,30H2,1-7H3,(H,47,49)(H,50,51,52). The van der Waals surface area contributed by atoms with E-state index in [9.17, 15) is 18.0 Å². The normalized spacial score (nSPS) is 12.7. The molecule has 0 radical (unpaired) electrons. The molecular weight excluding hydrogens is 679 g/mol. The predicted octanol–water partition coefficient (Wildman–Crippen LogP) is 10.7. The molecule has 5 aromatic rings. The molecule has 0 fully saturated rings. The van der Waals surface area contributed by atoms with Gasteiger partial charge in [-0.25, -0.2) is 0 Å². The van der Waals surface area contributed by atoms with Crippen LogP contribution in [-0.4, -0.2) is 30.4 Å². The average Bonchev–Trinajstić information content (AvgIpc) is 3.10. The van der Waals surface area contributed by atoms with E-state index in [0.29, 0.717) is 17.7 Å². The van der Waals surface area contributed by atoms with Crippen LogP contribution in [0.5, 0.6) is 0 Å². The summed E-state index contributed by atoms with van der Waals surface area (Å²) in [5.41, 5.74) is 11.1. The monoisotopic (exact) mass is 729 g/mol. The molecule has 0 bridgehead atoms. The summed E-state index contributed by atoms with van der Waals surface area (Å²) >= 11 is 0. The Balaban J connectivity index is 1.38. The van der Waals surface area contributed by atoms with Crippen molar-refractivity contribution in [2.45, 2.75) is 84.5 Å². The summed E-state index contributed by atoms with van der Waals surface area (Å²) in [5.74, 6) is -1.32. The lowest BCUT2D eigenvalue weighted by molar-refractivity contribution is -0.117. The topological polar surface area (TPSA) is 101 Å². The van der Waals surface area contributed by atoms with E-state index in [0.717, 1.165) is 38.9 Å². The molecule has 1 amide bonds. The minimum atomic E-state index is -4.12. The summed E-state index contributed by atoms with van der Waals surface area (Å²) in [7, 11) is -4.12. The average molecular weight is 730 g/mol. The summed E-state index contributed by atoms with van der Waals surface area (Å²) < 4.78 is 31.1. The zero-order chi connectivity index (χ0) is 38.6. The number of carbonyl (C=O) groups is 2. The SMILES string of the molecule is Cc1cc(NC(=O)C(Cc2ccc(C(=O)CCCS(=O)(=O)O)cc2)c2ccc(-c3ccc(C(C)(C)C)cc3)cc2)ccc1-c1ccc(C(C)(C)C)cc1. The smallest absolute Gasteiger partial charge is 0.264 e. The van der Waals surface area contributed by atoms with Crippen LogP contribution in [0.25, 0.3) is 22.3 Å². The number of hydrogen-bond donors (Lipinski definition) is 2. The van der Waals surface area contributed by atoms with Gasteiger partial charge in [0.25, 0.3) is 10.1 Å². The van der Waals surface area contributed by atoms with Crippen LogP contribution in [0.4, 0.5) is 5.69 Å². The van der Waals surface area contributed by atoms with Crippen LogP contribution in [0.2, 0.25) is 0 Å². The van der Waals surface area contributed by atoms with Gasteiger partial charge in [-0.05, 0) is 92.8 Å². The molecule has 0 saturated carbocycles. The maximum absolute atomic E-state index is 14.1. The van der Waals surface area contributed by atoms with E-state index in [-0.39, 0.29) is 35.4 Å². The molecule has 0 saturated heterocycles. The Kier molecular flexibility index (Phi) is 11.9. The van der Waals surface area contributed by atoms with E-state index in [1.807, 2.05) is 36.4 Å². The molecule has 0 heterocycles. The molecule has 0 aliphatic rings. The zero-order valence-corrected chi connectivity index (χ0v) is 32.7. The third-order valence-corrected chi connectivity index (χ3v) is 10.6. The van der Waals surface area contributed by atoms with Crippen molar-refractivity contribution in [2.24, 2.45) is 0 Å². The maximum atomic E-state index is 14.1. The van der Waals surface area contributed by atoms with Gasteiger partial charge in [0, 0.05) is 17.7 Å². The largest absolute Gasteiger partial charge is 0.326 e. The number of anilines is 1. The first-order chi connectivity index (χ1) is 24.9. The highest BCUT2D eigenvalue weighted by molar-refractivity contribution is 7.85. The molecular formula is C46H51NO5S. The van der Waals surface area contributed by atoms with Crippen LogP contribution in [-0.2, 0) is 32.2 Å². The summed E-state index contributed by atoms with van der Waals surface area (Å²) in [6.07, 6.45) is 0.456. The first-order valence-corrected chi connectivity index (χ1v) is 19.8. The molecule has 5 rings (SSSR count). The van der Waals surface area contributed by atoms with E-state index in [4.69, 9.17) is 4.55 Å². The first kappa shape index (κ1) is 39.4. The fraction of sp³-hybridized carbons (Fsp3) is 0.304. The number of ketones is 1. The quantitative estimate of drug-likeness (QED) is 0.0983. The number of amides is 1. The molecule has 53 heavy (non-hydrogen) atoms. The molecule has 276 valence electrons. The third-order valence-electron chi connectivity index (χ3n) is 9.79. The Hall–Kier alpha value is -4.85. The summed E-state index contributed by atoms with van der Waals surface area (Å²) in [6, 6.07) is 38.5. The summed E-state index contributed by atoms with van der Waals surface area (Å²) in [4.78, 5) is 26.8. The maximum Gasteiger partial charge on any atom is 0.264 e. The Bertz CT molecular complexity index is 2150. The Morgan fingerprint density at radius 1 is 0.679 bits per heavy atom. The number of aryl methyl sites for hydroxylation is 1. The number of carbonyl (C=O) groups excluding carboxylic acids is 2. The molecule has 7 heteroatoms. The number of rotatable bonds is 12. The number of Topliss-reactive ketones (excluding diaryl/α,β-unsaturated/α-hetero) is 1. The fourth-order valence-electron chi connectivity index (χ4n) is 6.50. The Labute approximate surface area is 315 Å². The molecule has 5 aromatic carbocycles. The van der Waals surface area contributed by atoms with Gasteiger partial charge in [0.05, 0.1) is 11.7 Å². The lowest BCUT2D eigenvalue weighted by Gasteiger charge is -2.20. The van der Waals surface area contributed by atoms with E-state index in [2.05, 4.69) is 121 Å². The van der Waals surface area contributed by atoms with Crippen LogP contribution in [0.15, 0.2) is 115 Å². The summed E-state index contributed by atoms with van der Waals surface area (Å²) in [5, 5.41) is 3.18. The Morgan fingerprint density at radius 2 is 1.19 bits per heavy atom. The highest BCUT2D eigenvalue weighted by Gasteiger charge is 2.23. The van der Waals surface area contributed by atoms with Gasteiger partial charge in [0.2, 0.25) is 5.91 Å². The van der Waals surface area contributed by atoms with Crippen molar-refractivity contribution in [2.75, 3.05) is 11.1 Å². The highest BCUT2D eigenvalue weighted by Crippen LogP contribution is 2.32. The molecule has 1 unspecified atom stereocenters. The number of hydrogen-bond acceptors (Lipinski definition) is 4. The van der Waals surface area contributed by atoms with Crippen LogP contribution in [0.1, 0.15) is 98.5 Å². The van der Waals surface area contributed by atoms with Crippen molar-refractivity contribution < 1.29 is 22.6 Å². The van der Waals surface area contributed by atoms with Crippen molar-refractivity contribution >= 4 is 27.5 Å². The van der Waals surface area contributed by atoms with Crippen molar-refractivity contribution in [3.8, 4) is 22.3 Å². The molecule has 1 atom stereocenters. The van der Waals surface area contributed by atoms with Gasteiger partial charge in [-0.1, -0.05) is 145 Å². The number of nitrogens with one attached hydrogen (secondary N) is 1. The lowest BCUT2D eigenvalue weighted by atomic mass is 9.86. The van der Waals surface area contributed by atoms with Gasteiger partial charge in [-0.2, -0.15) is 8.42 Å². The summed E-state index contributed by atoms with van der Waals surface area (Å²) in [6.45, 7) is 15.3. The molecule has 6 nitrogen and oxygen atoms in total. The second kappa shape index (κ2) is 16.0. The van der Waals surface area contributed by atoms with E-state index < -0.39 is 21.8 Å². The van der Waals surface area contributed by atoms with E-state index in [1.54, 1.807) is 12.1 Å². The molecule has 0 aliphatic carbocycles. The number of benzene rings is 5. The lowest BCUT2D eigenvalue weighted by Crippen LogP contribution is -2.23. The van der Waals surface area contributed by atoms with Crippen molar-refractivity contribution in [1.82, 2.24) is 0 Å². The third kappa shape index (κ3) is 10.6. The van der Waals surface area contributed by atoms with Gasteiger partial charge in [0.1, 0.15) is 0 Å². The zero-order valence-electron chi connectivity index (χ0n) is 31.9. The van der Waals surface area contributed by atoms with E-state index >= 15 is 0 Å². The minimum absolute atomic E-state index is 0.00980. The van der Waals surface area contributed by atoms with Gasteiger partial charge in [-0.3, -0.25) is 14.1 Å². The van der Waals surface area contributed by atoms with Crippen molar-refractivity contribution in [3.63, 3.8) is 0 Å². The van der Waals surface area contributed by atoms with Gasteiger partial charge in [0.15, 0.2) is 5.78 Å². The molecule has 0 aromatic heterocycles. The van der Waals surface area contributed by atoms with Gasteiger partial charge < -0.3 is 5.32 Å². The molecule has 2 N–H and O–H groups in total. The van der Waals surface area contributed by atoms with Crippen LogP contribution >= 0.6 is 0 Å². The van der Waals surface area contributed by atoms with Gasteiger partial charge >= 0.3 is 0 Å². The highest BCUT2D eigenvalue weighted by atomic mass is 32.2. The second-order valence-corrected chi connectivity index (χ2v) is 17.6. The van der Waals surface area contributed by atoms with Crippen molar-refractivity contribution in [1.29, 1.82) is 0 Å².